The van der Waals surface area contributed by atoms with Crippen molar-refractivity contribution in [3.63, 3.8) is 0 Å². The van der Waals surface area contributed by atoms with Gasteiger partial charge in [-0.25, -0.2) is 0 Å². The highest BCUT2D eigenvalue weighted by Gasteiger charge is 2.20. The van der Waals surface area contributed by atoms with Crippen molar-refractivity contribution in [3.8, 4) is 0 Å². The van der Waals surface area contributed by atoms with Crippen LogP contribution in [0.4, 0.5) is 0 Å². The Morgan fingerprint density at radius 1 is 1.26 bits per heavy atom. The van der Waals surface area contributed by atoms with Crippen LogP contribution >= 0.6 is 0 Å². The third-order valence-corrected chi connectivity index (χ3v) is 3.82. The van der Waals surface area contributed by atoms with Gasteiger partial charge in [-0.2, -0.15) is 0 Å². The topological polar surface area (TPSA) is 24.9 Å². The van der Waals surface area contributed by atoms with Gasteiger partial charge >= 0.3 is 0 Å². The van der Waals surface area contributed by atoms with E-state index >= 15 is 0 Å². The molecule has 1 aliphatic carbocycles. The van der Waals surface area contributed by atoms with Crippen molar-refractivity contribution in [3.05, 3.63) is 41.1 Å². The van der Waals surface area contributed by atoms with Gasteiger partial charge in [0.15, 0.2) is 0 Å². The molecule has 1 aromatic heterocycles. The van der Waals surface area contributed by atoms with Crippen molar-refractivity contribution >= 4 is 10.9 Å². The molecule has 1 saturated carbocycles. The fourth-order valence-corrected chi connectivity index (χ4v) is 2.42. The molecule has 1 aliphatic rings. The number of nitrogens with one attached hydrogen (secondary N) is 1. The lowest BCUT2D eigenvalue weighted by atomic mass is 10.0. The van der Waals surface area contributed by atoms with E-state index in [4.69, 9.17) is 4.98 Å². The quantitative estimate of drug-likeness (QED) is 0.894. The molecule has 0 unspecified atom stereocenters. The van der Waals surface area contributed by atoms with Crippen LogP contribution in [-0.4, -0.2) is 11.0 Å². The van der Waals surface area contributed by atoms with E-state index in [1.165, 1.54) is 35.0 Å². The van der Waals surface area contributed by atoms with E-state index in [0.717, 1.165) is 18.1 Å². The van der Waals surface area contributed by atoms with E-state index in [0.29, 0.717) is 5.92 Å². The van der Waals surface area contributed by atoms with Gasteiger partial charge in [0.2, 0.25) is 0 Å². The number of hydrogen-bond donors (Lipinski definition) is 1. The van der Waals surface area contributed by atoms with Gasteiger partial charge in [-0.05, 0) is 49.4 Å². The highest BCUT2D eigenvalue weighted by Crippen LogP contribution is 2.25. The van der Waals surface area contributed by atoms with Gasteiger partial charge in [-0.3, -0.25) is 4.98 Å². The van der Waals surface area contributed by atoms with Crippen molar-refractivity contribution in [2.24, 2.45) is 0 Å². The largest absolute Gasteiger partial charge is 0.310 e. The summed E-state index contributed by atoms with van der Waals surface area (Å²) in [6, 6.07) is 9.59. The molecule has 0 atom stereocenters. The molecule has 2 nitrogen and oxygen atoms in total. The lowest BCUT2D eigenvalue weighted by Crippen LogP contribution is -2.16. The van der Waals surface area contributed by atoms with Crippen LogP contribution in [0.25, 0.3) is 10.9 Å². The Labute approximate surface area is 115 Å². The van der Waals surface area contributed by atoms with Gasteiger partial charge in [-0.1, -0.05) is 25.5 Å². The van der Waals surface area contributed by atoms with Crippen LogP contribution < -0.4 is 5.32 Å². The number of pyridine rings is 1. The molecule has 0 radical (unpaired) electrons. The number of fused-ring (bicyclic) bond motifs is 1. The van der Waals surface area contributed by atoms with Gasteiger partial charge < -0.3 is 5.32 Å². The molecule has 100 valence electrons. The highest BCUT2D eigenvalue weighted by atomic mass is 14.9. The normalized spacial score (nSPS) is 15.4. The molecule has 0 amide bonds. The molecule has 19 heavy (non-hydrogen) atoms. The van der Waals surface area contributed by atoms with E-state index in [1.807, 2.05) is 0 Å². The molecular weight excluding hydrogens is 232 g/mol. The van der Waals surface area contributed by atoms with Gasteiger partial charge in [-0.15, -0.1) is 0 Å². The Morgan fingerprint density at radius 2 is 2.05 bits per heavy atom. The maximum absolute atomic E-state index is 4.79. The Kier molecular flexibility index (Phi) is 3.28. The number of benzene rings is 1. The van der Waals surface area contributed by atoms with E-state index < -0.39 is 0 Å². The lowest BCUT2D eigenvalue weighted by Gasteiger charge is -2.13. The Balaban J connectivity index is 2.04. The zero-order valence-electron chi connectivity index (χ0n) is 12.0. The van der Waals surface area contributed by atoms with E-state index in [2.05, 4.69) is 50.4 Å². The fraction of sp³-hybridized carbons (Fsp3) is 0.471. The van der Waals surface area contributed by atoms with Crippen molar-refractivity contribution in [1.29, 1.82) is 0 Å². The molecular formula is C17H22N2. The SMILES string of the molecule is Cc1ccc2nc(C(C)C)cc(CNC3CC3)c2c1. The smallest absolute Gasteiger partial charge is 0.0708 e. The molecule has 1 aromatic carbocycles. The van der Waals surface area contributed by atoms with Crippen molar-refractivity contribution < 1.29 is 0 Å². The van der Waals surface area contributed by atoms with Crippen LogP contribution in [-0.2, 0) is 6.54 Å². The van der Waals surface area contributed by atoms with Crippen molar-refractivity contribution in [2.75, 3.05) is 0 Å². The Bertz CT molecular complexity index is 597. The van der Waals surface area contributed by atoms with Gasteiger partial charge in [0.25, 0.3) is 0 Å². The summed E-state index contributed by atoms with van der Waals surface area (Å²) < 4.78 is 0. The van der Waals surface area contributed by atoms with Crippen molar-refractivity contribution in [1.82, 2.24) is 10.3 Å². The minimum absolute atomic E-state index is 0.477. The summed E-state index contributed by atoms with van der Waals surface area (Å²) in [4.78, 5) is 4.79. The Hall–Kier alpha value is -1.41. The zero-order valence-corrected chi connectivity index (χ0v) is 12.0. The summed E-state index contributed by atoms with van der Waals surface area (Å²) in [7, 11) is 0. The molecule has 0 saturated heterocycles. The third-order valence-electron chi connectivity index (χ3n) is 3.82. The van der Waals surface area contributed by atoms with Crippen LogP contribution in [0.15, 0.2) is 24.3 Å². The summed E-state index contributed by atoms with van der Waals surface area (Å²) in [5.74, 6) is 0.477. The molecule has 2 heteroatoms. The van der Waals surface area contributed by atoms with Crippen LogP contribution in [0.3, 0.4) is 0 Å². The maximum Gasteiger partial charge on any atom is 0.0708 e. The van der Waals surface area contributed by atoms with Crippen molar-refractivity contribution in [2.45, 2.75) is 52.1 Å². The highest BCUT2D eigenvalue weighted by molar-refractivity contribution is 5.83. The third kappa shape index (κ3) is 2.79. The maximum atomic E-state index is 4.79. The average Bonchev–Trinajstić information content (AvgIpc) is 3.19. The summed E-state index contributed by atoms with van der Waals surface area (Å²) in [5, 5.41) is 4.93. The minimum atomic E-state index is 0.477. The monoisotopic (exact) mass is 254 g/mol. The second-order valence-electron chi connectivity index (χ2n) is 6.04. The van der Waals surface area contributed by atoms with Crippen LogP contribution in [0.1, 0.15) is 49.4 Å². The zero-order chi connectivity index (χ0) is 13.4. The number of rotatable bonds is 4. The molecule has 0 bridgehead atoms. The second kappa shape index (κ2) is 4.93. The first-order valence-corrected chi connectivity index (χ1v) is 7.27. The molecule has 3 rings (SSSR count). The Morgan fingerprint density at radius 3 is 2.74 bits per heavy atom. The number of hydrogen-bond acceptors (Lipinski definition) is 2. The van der Waals surface area contributed by atoms with E-state index in [9.17, 15) is 0 Å². The summed E-state index contributed by atoms with van der Waals surface area (Å²) >= 11 is 0. The van der Waals surface area contributed by atoms with Crippen LogP contribution in [0, 0.1) is 6.92 Å². The van der Waals surface area contributed by atoms with Gasteiger partial charge in [0.1, 0.15) is 0 Å². The first-order chi connectivity index (χ1) is 9.13. The first-order valence-electron chi connectivity index (χ1n) is 7.27. The molecule has 1 heterocycles. The minimum Gasteiger partial charge on any atom is -0.310 e. The summed E-state index contributed by atoms with van der Waals surface area (Å²) in [5.41, 5.74) is 5.02. The number of aryl methyl sites for hydroxylation is 1. The molecule has 0 spiro atoms. The molecule has 1 N–H and O–H groups in total. The molecule has 1 fully saturated rings. The second-order valence-corrected chi connectivity index (χ2v) is 6.04. The van der Waals surface area contributed by atoms with E-state index in [1.54, 1.807) is 0 Å². The van der Waals surface area contributed by atoms with Gasteiger partial charge in [0, 0.05) is 23.7 Å². The summed E-state index contributed by atoms with van der Waals surface area (Å²) in [6.07, 6.45) is 2.66. The lowest BCUT2D eigenvalue weighted by molar-refractivity contribution is 0.688. The fourth-order valence-electron chi connectivity index (χ4n) is 2.42. The average molecular weight is 254 g/mol. The number of nitrogens with zero attached hydrogens (tertiary/aromatic N) is 1. The predicted octanol–water partition coefficient (Wildman–Crippen LogP) is 3.92. The molecule has 2 aromatic rings. The number of aromatic nitrogens is 1. The standard InChI is InChI=1S/C17H22N2/c1-11(2)17-9-13(10-18-14-5-6-14)15-8-12(3)4-7-16(15)19-17/h4,7-9,11,14,18H,5-6,10H2,1-3H3. The van der Waals surface area contributed by atoms with Crippen LogP contribution in [0.2, 0.25) is 0 Å². The van der Waals surface area contributed by atoms with E-state index in [-0.39, 0.29) is 0 Å². The predicted molar refractivity (Wildman–Crippen MR) is 80.4 cm³/mol. The first kappa shape index (κ1) is 12.6. The van der Waals surface area contributed by atoms with Gasteiger partial charge in [0.05, 0.1) is 5.52 Å². The van der Waals surface area contributed by atoms with Crippen LogP contribution in [0.5, 0.6) is 0 Å². The summed E-state index contributed by atoms with van der Waals surface area (Å²) in [6.45, 7) is 7.53. The molecule has 0 aliphatic heterocycles.